The van der Waals surface area contributed by atoms with Gasteiger partial charge in [0.25, 0.3) is 5.91 Å². The predicted octanol–water partition coefficient (Wildman–Crippen LogP) is 7.60. The lowest BCUT2D eigenvalue weighted by molar-refractivity contribution is -0.130. The lowest BCUT2D eigenvalue weighted by Crippen LogP contribution is -2.57. The van der Waals surface area contributed by atoms with Crippen molar-refractivity contribution in [3.63, 3.8) is 0 Å². The van der Waals surface area contributed by atoms with Crippen LogP contribution in [-0.4, -0.2) is 98.4 Å². The average molecular weight is 892 g/mol. The van der Waals surface area contributed by atoms with Gasteiger partial charge in [0.2, 0.25) is 17.6 Å². The molecular formula is C49H65N9O7. The van der Waals surface area contributed by atoms with Crippen LogP contribution in [0.1, 0.15) is 109 Å². The number of nitrogens with zero attached hydrogens (tertiary/aromatic N) is 4. The number of carbonyl (C=O) groups excluding carboxylic acids is 5. The quantitative estimate of drug-likeness (QED) is 0.0940. The zero-order chi connectivity index (χ0) is 47.1. The maximum absolute atomic E-state index is 13.9. The molecule has 5 N–H and O–H groups in total. The summed E-state index contributed by atoms with van der Waals surface area (Å²) in [5.41, 5.74) is 3.98. The number of likely N-dealkylation sites (tertiary alicyclic amines) is 1. The van der Waals surface area contributed by atoms with E-state index in [4.69, 9.17) is 9.47 Å². The Bertz CT molecular complexity index is 2290. The Balaban J connectivity index is 1.09. The van der Waals surface area contributed by atoms with Crippen LogP contribution < -0.4 is 21.3 Å². The van der Waals surface area contributed by atoms with Crippen LogP contribution in [0.5, 0.6) is 0 Å². The normalized spacial score (nSPS) is 19.0. The van der Waals surface area contributed by atoms with Crippen LogP contribution in [0.3, 0.4) is 0 Å². The van der Waals surface area contributed by atoms with Crippen LogP contribution in [0.4, 0.5) is 15.3 Å². The van der Waals surface area contributed by atoms with E-state index in [0.717, 1.165) is 40.7 Å². The molecule has 16 heteroatoms. The Morgan fingerprint density at radius 1 is 0.846 bits per heavy atom. The van der Waals surface area contributed by atoms with E-state index >= 15 is 0 Å². The van der Waals surface area contributed by atoms with Crippen molar-refractivity contribution in [1.82, 2.24) is 41.5 Å². The topological polar surface area (TPSA) is 210 Å². The van der Waals surface area contributed by atoms with E-state index in [9.17, 15) is 24.0 Å². The molecule has 6 rings (SSSR count). The van der Waals surface area contributed by atoms with Crippen LogP contribution in [0.2, 0.25) is 0 Å². The molecule has 2 aliphatic rings. The Kier molecular flexibility index (Phi) is 15.0. The Morgan fingerprint density at radius 2 is 1.51 bits per heavy atom. The summed E-state index contributed by atoms with van der Waals surface area (Å²) in [5.74, 6) is -0.314. The number of anilines is 1. The van der Waals surface area contributed by atoms with Crippen molar-refractivity contribution in [2.75, 3.05) is 25.0 Å². The van der Waals surface area contributed by atoms with Gasteiger partial charge in [0, 0.05) is 60.2 Å². The number of benzene rings is 3. The van der Waals surface area contributed by atoms with Crippen molar-refractivity contribution >= 4 is 35.6 Å². The van der Waals surface area contributed by atoms with Crippen molar-refractivity contribution < 1.29 is 33.4 Å². The van der Waals surface area contributed by atoms with E-state index in [2.05, 4.69) is 55.7 Å². The first-order chi connectivity index (χ1) is 30.6. The summed E-state index contributed by atoms with van der Waals surface area (Å²) in [6.45, 7) is 18.5. The van der Waals surface area contributed by atoms with Crippen molar-refractivity contribution in [3.8, 4) is 22.5 Å². The number of H-pyrrole nitrogens is 1. The minimum absolute atomic E-state index is 0.130. The van der Waals surface area contributed by atoms with E-state index < -0.39 is 23.3 Å². The van der Waals surface area contributed by atoms with E-state index in [-0.39, 0.29) is 53.5 Å². The number of hydrogen-bond donors (Lipinski definition) is 5. The monoisotopic (exact) mass is 892 g/mol. The molecule has 1 saturated carbocycles. The number of nitrogens with one attached hydrogen (secondary N) is 5. The third-order valence-electron chi connectivity index (χ3n) is 11.9. The molecule has 2 atom stereocenters. The van der Waals surface area contributed by atoms with Gasteiger partial charge in [-0.2, -0.15) is 5.21 Å². The molecule has 5 amide bonds. The van der Waals surface area contributed by atoms with Gasteiger partial charge in [0.15, 0.2) is 0 Å². The number of tetrazole rings is 1. The number of aryl methyl sites for hydroxylation is 1. The average Bonchev–Trinajstić information content (AvgIpc) is 3.78. The summed E-state index contributed by atoms with van der Waals surface area (Å²) in [4.78, 5) is 68.0. The van der Waals surface area contributed by atoms with E-state index in [1.165, 1.54) is 0 Å². The summed E-state index contributed by atoms with van der Waals surface area (Å²) >= 11 is 0. The van der Waals surface area contributed by atoms with Crippen LogP contribution in [0.15, 0.2) is 66.7 Å². The second-order valence-corrected chi connectivity index (χ2v) is 20.1. The minimum Gasteiger partial charge on any atom is -0.444 e. The molecule has 3 aromatic carbocycles. The van der Waals surface area contributed by atoms with E-state index in [0.29, 0.717) is 56.0 Å². The molecule has 0 spiro atoms. The Hall–Kier alpha value is -6.32. The summed E-state index contributed by atoms with van der Waals surface area (Å²) in [6, 6.07) is 19.6. The number of aromatic nitrogens is 4. The molecule has 1 saturated heterocycles. The van der Waals surface area contributed by atoms with Gasteiger partial charge in [-0.3, -0.25) is 14.4 Å². The highest BCUT2D eigenvalue weighted by molar-refractivity contribution is 5.98. The first-order valence-corrected chi connectivity index (χ1v) is 22.5. The van der Waals surface area contributed by atoms with Crippen molar-refractivity contribution in [2.24, 2.45) is 17.3 Å². The number of rotatable bonds is 12. The molecular weight excluding hydrogens is 827 g/mol. The van der Waals surface area contributed by atoms with Gasteiger partial charge in [-0.1, -0.05) is 44.2 Å². The Labute approximate surface area is 381 Å². The van der Waals surface area contributed by atoms with Crippen molar-refractivity contribution in [3.05, 3.63) is 83.4 Å². The molecule has 348 valence electrons. The fourth-order valence-electron chi connectivity index (χ4n) is 8.42. The minimum atomic E-state index is -0.870. The number of amides is 5. The van der Waals surface area contributed by atoms with Crippen molar-refractivity contribution in [1.29, 1.82) is 0 Å². The third-order valence-corrected chi connectivity index (χ3v) is 11.9. The SMILES string of the molecule is Cc1cc(C(=O)NC2CCN(C(=O)OC(C)(C)C)CC2(C)C)ccc1-c1ccc(C[C@H](NC(=O)C2CCC(CNC(=O)OC(C)(C)C)CC2)C(=O)Nc2ccc(-c3nn[nH]n3)cc2)cc1. The van der Waals surface area contributed by atoms with Gasteiger partial charge in [-0.15, -0.1) is 10.2 Å². The lowest BCUT2D eigenvalue weighted by Gasteiger charge is -2.44. The molecule has 1 unspecified atom stereocenters. The van der Waals surface area contributed by atoms with Gasteiger partial charge >= 0.3 is 12.2 Å². The molecule has 0 radical (unpaired) electrons. The molecule has 16 nitrogen and oxygen atoms in total. The molecule has 0 bridgehead atoms. The zero-order valence-electron chi connectivity index (χ0n) is 39.2. The molecule has 65 heavy (non-hydrogen) atoms. The van der Waals surface area contributed by atoms with Gasteiger partial charge in [0.1, 0.15) is 17.2 Å². The smallest absolute Gasteiger partial charge is 0.410 e. The maximum Gasteiger partial charge on any atom is 0.410 e. The van der Waals surface area contributed by atoms with E-state index in [1.54, 1.807) is 29.2 Å². The first kappa shape index (κ1) is 48.1. The number of ether oxygens (including phenoxy) is 2. The van der Waals surface area contributed by atoms with Gasteiger partial charge < -0.3 is 35.6 Å². The molecule has 1 aliphatic heterocycles. The first-order valence-electron chi connectivity index (χ1n) is 22.5. The highest BCUT2D eigenvalue weighted by atomic mass is 16.6. The van der Waals surface area contributed by atoms with Crippen LogP contribution in [0.25, 0.3) is 22.5 Å². The standard InChI is InChI=1S/C49H65N9O7/c1-30-26-36(43(60)53-40-24-25-58(29-49(40,8)9)46(63)65-48(5,6)7)20-23-38(30)33-14-10-31(11-15-33)27-39(44(61)51-37-21-18-34(19-22-37)41-54-56-57-55-41)52-42(59)35-16-12-32(13-17-35)28-50-45(62)64-47(2,3)4/h10-11,14-15,18-23,26,32,35,39-40H,12-13,16-17,24-25,27-29H2,1-9H3,(H,50,62)(H,51,61)(H,52,59)(H,53,60)(H,54,55,56,57)/t32?,35?,39-,40?/m0/s1. The van der Waals surface area contributed by atoms with Crippen LogP contribution in [-0.2, 0) is 25.5 Å². The van der Waals surface area contributed by atoms with E-state index in [1.807, 2.05) is 90.9 Å². The lowest BCUT2D eigenvalue weighted by atomic mass is 9.79. The summed E-state index contributed by atoms with van der Waals surface area (Å²) in [5, 5.41) is 26.2. The third kappa shape index (κ3) is 13.6. The van der Waals surface area contributed by atoms with Crippen molar-refractivity contribution in [2.45, 2.75) is 124 Å². The largest absolute Gasteiger partial charge is 0.444 e. The Morgan fingerprint density at radius 3 is 2.11 bits per heavy atom. The molecule has 4 aromatic rings. The predicted molar refractivity (Wildman–Crippen MR) is 248 cm³/mol. The number of alkyl carbamates (subject to hydrolysis) is 1. The fraction of sp³-hybridized carbons (Fsp3) is 0.510. The number of aromatic amines is 1. The van der Waals surface area contributed by atoms with Gasteiger partial charge in [-0.05, 0) is 150 Å². The molecule has 2 heterocycles. The van der Waals surface area contributed by atoms with Gasteiger partial charge in [-0.25, -0.2) is 9.59 Å². The molecule has 1 aromatic heterocycles. The summed E-state index contributed by atoms with van der Waals surface area (Å²) in [6.07, 6.45) is 2.87. The second kappa shape index (κ2) is 20.2. The van der Waals surface area contributed by atoms with Crippen LogP contribution >= 0.6 is 0 Å². The molecule has 2 fully saturated rings. The number of carbonyl (C=O) groups is 5. The van der Waals surface area contributed by atoms with Crippen LogP contribution in [0, 0.1) is 24.2 Å². The maximum atomic E-state index is 13.9. The summed E-state index contributed by atoms with van der Waals surface area (Å²) < 4.78 is 11.0. The fourth-order valence-corrected chi connectivity index (χ4v) is 8.42. The van der Waals surface area contributed by atoms with Gasteiger partial charge in [0.05, 0.1) is 0 Å². The highest BCUT2D eigenvalue weighted by Crippen LogP contribution is 2.32. The molecule has 1 aliphatic carbocycles. The number of piperidine rings is 1. The number of hydrogen-bond acceptors (Lipinski definition) is 10. The summed E-state index contributed by atoms with van der Waals surface area (Å²) in [7, 11) is 0. The highest BCUT2D eigenvalue weighted by Gasteiger charge is 2.40. The second-order valence-electron chi connectivity index (χ2n) is 20.1. The zero-order valence-corrected chi connectivity index (χ0v) is 39.2.